The summed E-state index contributed by atoms with van der Waals surface area (Å²) >= 11 is 0. The maximum Gasteiger partial charge on any atom is 0.416 e. The van der Waals surface area contributed by atoms with Gasteiger partial charge in [0.15, 0.2) is 0 Å². The normalized spacial score (nSPS) is 20.2. The molecule has 0 spiro atoms. The van der Waals surface area contributed by atoms with Gasteiger partial charge in [-0.2, -0.15) is 13.2 Å². The van der Waals surface area contributed by atoms with Crippen LogP contribution in [-0.4, -0.2) is 67.5 Å². The molecule has 0 aromatic heterocycles. The summed E-state index contributed by atoms with van der Waals surface area (Å²) in [6, 6.07) is -0.0410. The van der Waals surface area contributed by atoms with Crippen molar-refractivity contribution in [2.24, 2.45) is 11.8 Å². The molecule has 1 aromatic carbocycles. The number of urea groups is 1. The summed E-state index contributed by atoms with van der Waals surface area (Å²) in [7, 11) is 1.20. The number of methoxy groups -OCH3 is 1. The van der Waals surface area contributed by atoms with Gasteiger partial charge in [0.05, 0.1) is 18.7 Å². The number of nitrogens with one attached hydrogen (secondary N) is 5. The van der Waals surface area contributed by atoms with Crippen LogP contribution in [-0.2, 0) is 36.5 Å². The van der Waals surface area contributed by atoms with Gasteiger partial charge >= 0.3 is 18.2 Å². The third kappa shape index (κ3) is 11.5. The molecule has 4 atom stereocenters. The van der Waals surface area contributed by atoms with Crippen LogP contribution < -0.4 is 26.6 Å². The first-order valence-electron chi connectivity index (χ1n) is 14.5. The molecule has 0 bridgehead atoms. The standard InChI is InChI=1S/C30H42F3N5O6/c1-17(2)24(37-29(43)38-25(18(3)4)28(42)44-5)27(41)36-22-11-6-7-14-34-23(39)13-12-21(35-26(22)40)16-19-9-8-10-20(15-19)30(31,32)33/h8-10,12-13,15,17-18,21-22,24-25H,6-7,11,14,16H2,1-5H3,(H,34,39)(H,35,40)(H,36,41)(H2,37,38,43)/b13-12+/t21-,22+,24?,25?/m1/s1. The summed E-state index contributed by atoms with van der Waals surface area (Å²) < 4.78 is 44.5. The van der Waals surface area contributed by atoms with Gasteiger partial charge in [0.2, 0.25) is 17.7 Å². The fraction of sp³-hybridized carbons (Fsp3) is 0.567. The van der Waals surface area contributed by atoms with Crippen LogP contribution in [0.15, 0.2) is 36.4 Å². The van der Waals surface area contributed by atoms with E-state index in [1.165, 1.54) is 31.4 Å². The van der Waals surface area contributed by atoms with Crippen LogP contribution >= 0.6 is 0 Å². The summed E-state index contributed by atoms with van der Waals surface area (Å²) in [6.45, 7) is 7.15. The number of carbonyl (C=O) groups excluding carboxylic acids is 5. The number of halogens is 3. The van der Waals surface area contributed by atoms with E-state index in [1.807, 2.05) is 0 Å². The van der Waals surface area contributed by atoms with Gasteiger partial charge in [-0.1, -0.05) is 52.0 Å². The molecule has 5 N–H and O–H groups in total. The molecule has 0 radical (unpaired) electrons. The second-order valence-electron chi connectivity index (χ2n) is 11.3. The van der Waals surface area contributed by atoms with Crippen molar-refractivity contribution in [3.05, 3.63) is 47.5 Å². The molecule has 0 saturated heterocycles. The lowest BCUT2D eigenvalue weighted by Crippen LogP contribution is -2.59. The molecule has 1 aliphatic heterocycles. The molecule has 0 saturated carbocycles. The van der Waals surface area contributed by atoms with Gasteiger partial charge in [0.1, 0.15) is 18.1 Å². The predicted octanol–water partition coefficient (Wildman–Crippen LogP) is 2.60. The number of hydrogen-bond acceptors (Lipinski definition) is 6. The molecule has 14 heteroatoms. The molecule has 5 amide bonds. The van der Waals surface area contributed by atoms with E-state index >= 15 is 0 Å². The highest BCUT2D eigenvalue weighted by atomic mass is 19.4. The first-order valence-corrected chi connectivity index (χ1v) is 14.5. The molecular formula is C30H42F3N5O6. The quantitative estimate of drug-likeness (QED) is 0.266. The number of rotatable bonds is 9. The zero-order valence-electron chi connectivity index (χ0n) is 25.5. The van der Waals surface area contributed by atoms with Gasteiger partial charge in [-0.15, -0.1) is 0 Å². The Hall–Kier alpha value is -4.10. The first-order chi connectivity index (χ1) is 20.6. The summed E-state index contributed by atoms with van der Waals surface area (Å²) in [4.78, 5) is 63.8. The van der Waals surface area contributed by atoms with Crippen LogP contribution in [0.1, 0.15) is 58.1 Å². The zero-order valence-corrected chi connectivity index (χ0v) is 25.5. The average Bonchev–Trinajstić information content (AvgIpc) is 2.94. The topological polar surface area (TPSA) is 155 Å². The number of carbonyl (C=O) groups is 5. The van der Waals surface area contributed by atoms with Crippen molar-refractivity contribution >= 4 is 29.7 Å². The van der Waals surface area contributed by atoms with E-state index in [1.54, 1.807) is 27.7 Å². The van der Waals surface area contributed by atoms with E-state index in [4.69, 9.17) is 4.74 Å². The molecule has 0 aliphatic carbocycles. The number of ether oxygens (including phenoxy) is 1. The van der Waals surface area contributed by atoms with Gasteiger partial charge in [0.25, 0.3) is 0 Å². The first kappa shape index (κ1) is 36.1. The summed E-state index contributed by atoms with van der Waals surface area (Å²) in [6.07, 6.45) is -0.825. The third-order valence-electron chi connectivity index (χ3n) is 7.01. The zero-order chi connectivity index (χ0) is 33.0. The van der Waals surface area contributed by atoms with Crippen LogP contribution in [0.4, 0.5) is 18.0 Å². The summed E-state index contributed by atoms with van der Waals surface area (Å²) in [5.41, 5.74) is -0.562. The van der Waals surface area contributed by atoms with Crippen molar-refractivity contribution in [3.63, 3.8) is 0 Å². The van der Waals surface area contributed by atoms with Crippen molar-refractivity contribution in [2.75, 3.05) is 13.7 Å². The largest absolute Gasteiger partial charge is 0.467 e. The Balaban J connectivity index is 2.23. The van der Waals surface area contributed by atoms with Gasteiger partial charge in [-0.05, 0) is 49.1 Å². The molecule has 44 heavy (non-hydrogen) atoms. The van der Waals surface area contributed by atoms with E-state index < -0.39 is 71.5 Å². The Morgan fingerprint density at radius 1 is 1.02 bits per heavy atom. The van der Waals surface area contributed by atoms with Gasteiger partial charge in [0, 0.05) is 12.6 Å². The van der Waals surface area contributed by atoms with Crippen molar-refractivity contribution in [2.45, 2.75) is 83.7 Å². The number of alkyl halides is 3. The number of hydrogen-bond donors (Lipinski definition) is 5. The average molecular weight is 626 g/mol. The Morgan fingerprint density at radius 2 is 1.68 bits per heavy atom. The Morgan fingerprint density at radius 3 is 2.30 bits per heavy atom. The second-order valence-corrected chi connectivity index (χ2v) is 11.3. The SMILES string of the molecule is COC(=O)C(NC(=O)NC(C(=O)N[C@H]1CCCCNC(=O)/C=C/[C@H](Cc2cccc(C(F)(F)F)c2)NC1=O)C(C)C)C(C)C. The van der Waals surface area contributed by atoms with E-state index in [9.17, 15) is 37.1 Å². The minimum absolute atomic E-state index is 0.0480. The van der Waals surface area contributed by atoms with Gasteiger partial charge in [-0.3, -0.25) is 14.4 Å². The summed E-state index contributed by atoms with van der Waals surface area (Å²) in [5.74, 6) is -2.98. The van der Waals surface area contributed by atoms with Gasteiger partial charge < -0.3 is 31.3 Å². The van der Waals surface area contributed by atoms with E-state index in [0.29, 0.717) is 19.4 Å². The molecule has 0 fully saturated rings. The molecule has 2 rings (SSSR count). The lowest BCUT2D eigenvalue weighted by molar-refractivity contribution is -0.144. The molecule has 1 heterocycles. The number of esters is 1. The Kier molecular flexibility index (Phi) is 13.7. The third-order valence-corrected chi connectivity index (χ3v) is 7.01. The Bertz CT molecular complexity index is 1200. The fourth-order valence-corrected chi connectivity index (χ4v) is 4.54. The van der Waals surface area contributed by atoms with Crippen molar-refractivity contribution in [1.29, 1.82) is 0 Å². The smallest absolute Gasteiger partial charge is 0.416 e. The van der Waals surface area contributed by atoms with E-state index in [2.05, 4.69) is 26.6 Å². The summed E-state index contributed by atoms with van der Waals surface area (Å²) in [5, 5.41) is 13.2. The van der Waals surface area contributed by atoms with Crippen LogP contribution in [0.25, 0.3) is 0 Å². The minimum atomic E-state index is -4.55. The van der Waals surface area contributed by atoms with Crippen LogP contribution in [0, 0.1) is 11.8 Å². The predicted molar refractivity (Wildman–Crippen MR) is 156 cm³/mol. The maximum atomic E-state index is 13.4. The van der Waals surface area contributed by atoms with Crippen molar-refractivity contribution in [1.82, 2.24) is 26.6 Å². The highest BCUT2D eigenvalue weighted by Gasteiger charge is 2.33. The molecule has 2 unspecified atom stereocenters. The van der Waals surface area contributed by atoms with Crippen molar-refractivity contribution in [3.8, 4) is 0 Å². The monoisotopic (exact) mass is 625 g/mol. The molecule has 1 aliphatic rings. The minimum Gasteiger partial charge on any atom is -0.467 e. The number of benzene rings is 1. The fourth-order valence-electron chi connectivity index (χ4n) is 4.54. The van der Waals surface area contributed by atoms with Crippen molar-refractivity contribution < 1.29 is 41.9 Å². The lowest BCUT2D eigenvalue weighted by atomic mass is 10.00. The van der Waals surface area contributed by atoms with Gasteiger partial charge in [-0.25, -0.2) is 9.59 Å². The van der Waals surface area contributed by atoms with Crippen LogP contribution in [0.5, 0.6) is 0 Å². The van der Waals surface area contributed by atoms with E-state index in [0.717, 1.165) is 12.1 Å². The molecular weight excluding hydrogens is 583 g/mol. The molecule has 1 aromatic rings. The lowest BCUT2D eigenvalue weighted by Gasteiger charge is -2.28. The number of amides is 5. The molecule has 244 valence electrons. The highest BCUT2D eigenvalue weighted by molar-refractivity contribution is 5.93. The van der Waals surface area contributed by atoms with Crippen LogP contribution in [0.2, 0.25) is 0 Å². The Labute approximate surface area is 255 Å². The van der Waals surface area contributed by atoms with E-state index in [-0.39, 0.29) is 24.3 Å². The maximum absolute atomic E-state index is 13.4. The molecule has 11 nitrogen and oxygen atoms in total. The second kappa shape index (κ2) is 16.7. The van der Waals surface area contributed by atoms with Crippen LogP contribution in [0.3, 0.4) is 0 Å². The highest BCUT2D eigenvalue weighted by Crippen LogP contribution is 2.29.